The molecular formula is C6H7CdCl2N. The fourth-order valence-electron chi connectivity index (χ4n) is 0.453. The fourth-order valence-corrected chi connectivity index (χ4v) is 0.453. The Bertz CT molecular complexity index is 157. The van der Waals surface area contributed by atoms with Gasteiger partial charge in [-0.2, -0.15) is 0 Å². The van der Waals surface area contributed by atoms with Crippen molar-refractivity contribution in [3.8, 4) is 0 Å². The molecule has 0 saturated heterocycles. The summed E-state index contributed by atoms with van der Waals surface area (Å²) in [6.07, 6.45) is 0. The molecule has 10 heavy (non-hydrogen) atoms. The molecule has 0 heterocycles. The second kappa shape index (κ2) is 7.63. The summed E-state index contributed by atoms with van der Waals surface area (Å²) in [5.41, 5.74) is 6.18. The molecule has 0 amide bonds. The Hall–Kier alpha value is 0.522. The van der Waals surface area contributed by atoms with Crippen LogP contribution in [0.3, 0.4) is 0 Å². The van der Waals surface area contributed by atoms with Crippen LogP contribution in [0.15, 0.2) is 30.3 Å². The second-order valence-electron chi connectivity index (χ2n) is 1.51. The van der Waals surface area contributed by atoms with Crippen LogP contribution in [-0.4, -0.2) is 0 Å². The van der Waals surface area contributed by atoms with E-state index in [0.717, 1.165) is 5.69 Å². The SMILES string of the molecule is Nc1ccccc1.[Cl][Cd][Cl]. The van der Waals surface area contributed by atoms with Gasteiger partial charge in [-0.3, -0.25) is 0 Å². The molecule has 1 aromatic rings. The summed E-state index contributed by atoms with van der Waals surface area (Å²) >= 11 is -1.07. The fraction of sp³-hybridized carbons (Fsp3) is 0. The van der Waals surface area contributed by atoms with E-state index >= 15 is 0 Å². The standard InChI is InChI=1S/C6H7N.Cd.2ClH/c7-6-4-2-1-3-5-6;;;/h1-5H,7H2;;2*1H/q;+2;;/p-2. The van der Waals surface area contributed by atoms with Crippen molar-refractivity contribution in [3.05, 3.63) is 30.3 Å². The van der Waals surface area contributed by atoms with Gasteiger partial charge in [0.2, 0.25) is 0 Å². The number of anilines is 1. The van der Waals surface area contributed by atoms with E-state index in [4.69, 9.17) is 22.4 Å². The third kappa shape index (κ3) is 6.64. The number of halogens is 2. The van der Waals surface area contributed by atoms with Gasteiger partial charge in [0.15, 0.2) is 0 Å². The topological polar surface area (TPSA) is 26.0 Å². The van der Waals surface area contributed by atoms with E-state index in [0.29, 0.717) is 0 Å². The van der Waals surface area contributed by atoms with Crippen LogP contribution < -0.4 is 5.73 Å². The molecule has 1 aromatic carbocycles. The van der Waals surface area contributed by atoms with Crippen molar-refractivity contribution in [1.29, 1.82) is 0 Å². The van der Waals surface area contributed by atoms with Crippen molar-refractivity contribution >= 4 is 22.3 Å². The average molecular weight is 276 g/mol. The number of nitrogens with two attached hydrogens (primary N) is 1. The molecular weight excluding hydrogens is 269 g/mol. The summed E-state index contributed by atoms with van der Waals surface area (Å²) in [7, 11) is 9.95. The normalized spacial score (nSPS) is 7.00. The summed E-state index contributed by atoms with van der Waals surface area (Å²) in [5.74, 6) is 0. The molecule has 2 N–H and O–H groups in total. The summed E-state index contributed by atoms with van der Waals surface area (Å²) < 4.78 is 0. The first-order chi connectivity index (χ1) is 4.81. The quantitative estimate of drug-likeness (QED) is 0.572. The van der Waals surface area contributed by atoms with Crippen molar-refractivity contribution in [3.63, 3.8) is 0 Å². The molecule has 1 rings (SSSR count). The first-order valence-corrected chi connectivity index (χ1v) is 13.0. The molecule has 0 aliphatic rings. The summed E-state index contributed by atoms with van der Waals surface area (Å²) in [5, 5.41) is 0. The Morgan fingerprint density at radius 3 is 1.70 bits per heavy atom. The Morgan fingerprint density at radius 1 is 1.10 bits per heavy atom. The van der Waals surface area contributed by atoms with E-state index in [-0.39, 0.29) is 0 Å². The first-order valence-electron chi connectivity index (χ1n) is 2.73. The number of benzene rings is 1. The van der Waals surface area contributed by atoms with Gasteiger partial charge in [-0.1, -0.05) is 18.2 Å². The first kappa shape index (κ1) is 10.5. The second-order valence-corrected chi connectivity index (χ2v) is 7.51. The van der Waals surface area contributed by atoms with Gasteiger partial charge >= 0.3 is 38.4 Å². The van der Waals surface area contributed by atoms with Crippen LogP contribution in [0.25, 0.3) is 0 Å². The third-order valence-corrected chi connectivity index (χ3v) is 0.800. The van der Waals surface area contributed by atoms with Crippen molar-refractivity contribution in [2.24, 2.45) is 0 Å². The van der Waals surface area contributed by atoms with Crippen molar-refractivity contribution in [2.45, 2.75) is 0 Å². The maximum atomic E-state index is 5.36. The van der Waals surface area contributed by atoms with Gasteiger partial charge in [-0.05, 0) is 12.1 Å². The summed E-state index contributed by atoms with van der Waals surface area (Å²) in [4.78, 5) is 0. The summed E-state index contributed by atoms with van der Waals surface area (Å²) in [6, 6.07) is 9.49. The number of hydrogen-bond acceptors (Lipinski definition) is 1. The van der Waals surface area contributed by atoms with Crippen LogP contribution in [0, 0.1) is 0 Å². The molecule has 0 aliphatic heterocycles. The molecule has 1 nitrogen and oxygen atoms in total. The van der Waals surface area contributed by atoms with Crippen LogP contribution in [0.5, 0.6) is 0 Å². The van der Waals surface area contributed by atoms with Crippen LogP contribution in [0.4, 0.5) is 5.69 Å². The number of hydrogen-bond donors (Lipinski definition) is 1. The molecule has 0 radical (unpaired) electrons. The molecule has 4 heteroatoms. The zero-order valence-electron chi connectivity index (χ0n) is 5.43. The van der Waals surface area contributed by atoms with Gasteiger partial charge in [0.25, 0.3) is 0 Å². The molecule has 0 aliphatic carbocycles. The number of rotatable bonds is 0. The molecule has 0 bridgehead atoms. The monoisotopic (exact) mass is 277 g/mol. The number of nitrogen functional groups attached to an aromatic ring is 1. The molecule has 0 atom stereocenters. The average Bonchev–Trinajstić information content (AvgIpc) is 1.91. The van der Waals surface area contributed by atoms with Gasteiger partial charge in [-0.25, -0.2) is 0 Å². The predicted molar refractivity (Wildman–Crippen MR) is 42.6 cm³/mol. The maximum absolute atomic E-state index is 5.36. The van der Waals surface area contributed by atoms with Crippen molar-refractivity contribution in [1.82, 2.24) is 0 Å². The minimum absolute atomic E-state index is 0.822. The van der Waals surface area contributed by atoms with Gasteiger partial charge in [0, 0.05) is 5.69 Å². The molecule has 0 aromatic heterocycles. The Labute approximate surface area is 79.7 Å². The van der Waals surface area contributed by atoms with Crippen molar-refractivity contribution in [2.75, 3.05) is 5.73 Å². The van der Waals surface area contributed by atoms with Crippen LogP contribution in [0.1, 0.15) is 0 Å². The van der Waals surface area contributed by atoms with E-state index in [9.17, 15) is 0 Å². The molecule has 52 valence electrons. The third-order valence-electron chi connectivity index (χ3n) is 0.800. The molecule has 0 fully saturated rings. The van der Waals surface area contributed by atoms with Crippen LogP contribution in [0.2, 0.25) is 0 Å². The summed E-state index contributed by atoms with van der Waals surface area (Å²) in [6.45, 7) is 0. The van der Waals surface area contributed by atoms with Crippen LogP contribution >= 0.6 is 16.6 Å². The zero-order valence-corrected chi connectivity index (χ0v) is 11.0. The zero-order chi connectivity index (χ0) is 7.82. The van der Waals surface area contributed by atoms with Crippen molar-refractivity contribution < 1.29 is 21.8 Å². The van der Waals surface area contributed by atoms with Gasteiger partial charge < -0.3 is 5.73 Å². The van der Waals surface area contributed by atoms with Gasteiger partial charge in [-0.15, -0.1) is 0 Å². The number of para-hydroxylation sites is 1. The van der Waals surface area contributed by atoms with E-state index in [1.165, 1.54) is 0 Å². The van der Waals surface area contributed by atoms with E-state index in [2.05, 4.69) is 0 Å². The van der Waals surface area contributed by atoms with Gasteiger partial charge in [0.1, 0.15) is 0 Å². The van der Waals surface area contributed by atoms with Crippen LogP contribution in [-0.2, 0) is 21.8 Å². The minimum atomic E-state index is -1.07. The molecule has 0 saturated carbocycles. The van der Waals surface area contributed by atoms with E-state index in [1.54, 1.807) is 0 Å². The molecule has 0 unspecified atom stereocenters. The van der Waals surface area contributed by atoms with Gasteiger partial charge in [0.05, 0.1) is 0 Å². The molecule has 0 spiro atoms. The van der Waals surface area contributed by atoms with E-state index in [1.807, 2.05) is 30.3 Å². The predicted octanol–water partition coefficient (Wildman–Crippen LogP) is 2.65. The Morgan fingerprint density at radius 2 is 1.50 bits per heavy atom. The Balaban J connectivity index is 0.000000236. The van der Waals surface area contributed by atoms with E-state index < -0.39 is 21.8 Å². The Kier molecular flexibility index (Phi) is 8.03.